The largest absolute Gasteiger partial charge is 0.857 e. The lowest BCUT2D eigenvalue weighted by Crippen LogP contribution is -2.38. The van der Waals surface area contributed by atoms with Crippen molar-refractivity contribution in [2.24, 2.45) is 22.9 Å². The number of rotatable bonds is 1. The van der Waals surface area contributed by atoms with Crippen molar-refractivity contribution in [2.75, 3.05) is 0 Å². The molecule has 3 aliphatic rings. The second-order valence-corrected chi connectivity index (χ2v) is 5.70. The summed E-state index contributed by atoms with van der Waals surface area (Å²) in [5, 5.41) is 16.3. The number of hydrogen-bond donors (Lipinski definition) is 0. The van der Waals surface area contributed by atoms with E-state index >= 15 is 0 Å². The predicted molar refractivity (Wildman–Crippen MR) is 64.3 cm³/mol. The van der Waals surface area contributed by atoms with E-state index in [1.54, 1.807) is 6.26 Å². The van der Waals surface area contributed by atoms with Crippen LogP contribution >= 0.6 is 0 Å². The van der Waals surface area contributed by atoms with Crippen LogP contribution in [-0.4, -0.2) is 22.3 Å². The summed E-state index contributed by atoms with van der Waals surface area (Å²) >= 11 is 0. The number of nitrogens with zero attached hydrogens (tertiary/aromatic N) is 2. The molecule has 2 heterocycles. The molecule has 2 aliphatic carbocycles. The summed E-state index contributed by atoms with van der Waals surface area (Å²) in [6, 6.07) is 4.09. The summed E-state index contributed by atoms with van der Waals surface area (Å²) in [6.07, 6.45) is 5.32. The lowest BCUT2D eigenvalue weighted by molar-refractivity contribution is -0.573. The number of furan rings is 1. The van der Waals surface area contributed by atoms with Gasteiger partial charge >= 0.3 is 0 Å². The minimum Gasteiger partial charge on any atom is -0.857 e. The van der Waals surface area contributed by atoms with Crippen molar-refractivity contribution in [3.05, 3.63) is 24.2 Å². The highest BCUT2D eigenvalue weighted by Gasteiger charge is 2.58. The maximum absolute atomic E-state index is 12.1. The first-order valence-corrected chi connectivity index (χ1v) is 6.68. The standard InChI is InChI=1S/C14H16N2O2/c1-8(11-3-2-6-18-11)16-13-10-5-4-9(7-10)12(13)14(17)15-16/h2-3,6,9-10,12-13H,4-5,7H2,1H3/b16-8+/t9-,10+,12+,13-/m1/s1. The monoisotopic (exact) mass is 244 g/mol. The summed E-state index contributed by atoms with van der Waals surface area (Å²) in [5.74, 6) is 2.26. The number of hydrazone groups is 1. The van der Waals surface area contributed by atoms with Gasteiger partial charge in [-0.2, -0.15) is 0 Å². The second kappa shape index (κ2) is 3.46. The van der Waals surface area contributed by atoms with Gasteiger partial charge in [0.2, 0.25) is 5.71 Å². The molecule has 0 aromatic carbocycles. The van der Waals surface area contributed by atoms with Crippen LogP contribution in [0, 0.1) is 17.8 Å². The van der Waals surface area contributed by atoms with E-state index in [0.29, 0.717) is 17.9 Å². The lowest BCUT2D eigenvalue weighted by Gasteiger charge is -2.22. The molecule has 94 valence electrons. The smallest absolute Gasteiger partial charge is 0.247 e. The van der Waals surface area contributed by atoms with Crippen LogP contribution in [0.2, 0.25) is 0 Å². The molecule has 4 heteroatoms. The third-order valence-electron chi connectivity index (χ3n) is 4.87. The van der Waals surface area contributed by atoms with Crippen molar-refractivity contribution >= 4 is 11.6 Å². The highest BCUT2D eigenvalue weighted by atomic mass is 16.3. The van der Waals surface area contributed by atoms with Gasteiger partial charge in [0.1, 0.15) is 0 Å². The van der Waals surface area contributed by atoms with Crippen molar-refractivity contribution in [2.45, 2.75) is 32.2 Å². The molecule has 2 bridgehead atoms. The molecule has 1 aromatic rings. The Kier molecular flexibility index (Phi) is 1.99. The normalized spacial score (nSPS) is 39.9. The molecule has 0 saturated heterocycles. The van der Waals surface area contributed by atoms with E-state index in [1.165, 1.54) is 19.3 Å². The lowest BCUT2D eigenvalue weighted by atomic mass is 9.85. The van der Waals surface area contributed by atoms with Crippen LogP contribution in [0.5, 0.6) is 0 Å². The quantitative estimate of drug-likeness (QED) is 0.697. The van der Waals surface area contributed by atoms with E-state index < -0.39 is 0 Å². The summed E-state index contributed by atoms with van der Waals surface area (Å²) in [4.78, 5) is 0. The van der Waals surface area contributed by atoms with Gasteiger partial charge in [0.05, 0.1) is 12.2 Å². The Hall–Kier alpha value is -1.58. The van der Waals surface area contributed by atoms with Gasteiger partial charge in [-0.15, -0.1) is 0 Å². The molecule has 0 spiro atoms. The molecule has 1 aliphatic heterocycles. The second-order valence-electron chi connectivity index (χ2n) is 5.70. The molecule has 0 N–H and O–H groups in total. The summed E-state index contributed by atoms with van der Waals surface area (Å²) in [7, 11) is 0. The van der Waals surface area contributed by atoms with Crippen LogP contribution in [-0.2, 0) is 0 Å². The zero-order chi connectivity index (χ0) is 12.3. The molecular formula is C14H16N2O2. The van der Waals surface area contributed by atoms with Crippen LogP contribution < -0.4 is 5.11 Å². The van der Waals surface area contributed by atoms with E-state index in [2.05, 4.69) is 5.10 Å². The highest BCUT2D eigenvalue weighted by Crippen LogP contribution is 2.51. The minimum atomic E-state index is 0.0816. The predicted octanol–water partition coefficient (Wildman–Crippen LogP) is 1.20. The van der Waals surface area contributed by atoms with Crippen molar-refractivity contribution in [1.29, 1.82) is 0 Å². The van der Waals surface area contributed by atoms with Gasteiger partial charge in [0.25, 0.3) is 0 Å². The van der Waals surface area contributed by atoms with Gasteiger partial charge in [0.15, 0.2) is 11.8 Å². The molecule has 4 nitrogen and oxygen atoms in total. The fraction of sp³-hybridized carbons (Fsp3) is 0.571. The highest BCUT2D eigenvalue weighted by molar-refractivity contribution is 5.92. The molecule has 2 fully saturated rings. The van der Waals surface area contributed by atoms with Crippen molar-refractivity contribution in [3.8, 4) is 0 Å². The molecule has 0 radical (unpaired) electrons. The molecule has 0 unspecified atom stereocenters. The van der Waals surface area contributed by atoms with E-state index in [9.17, 15) is 5.11 Å². The maximum atomic E-state index is 12.1. The van der Waals surface area contributed by atoms with Gasteiger partial charge in [-0.1, -0.05) is 4.68 Å². The molecule has 1 aromatic heterocycles. The average Bonchev–Trinajstić information content (AvgIpc) is 3.11. The van der Waals surface area contributed by atoms with E-state index in [-0.39, 0.29) is 11.8 Å². The SMILES string of the molecule is C/C(c1ccco1)=[N+]1\N=C([O-])[C@H]2[C@@H]3CC[C@@H](C3)[C@H]21. The summed E-state index contributed by atoms with van der Waals surface area (Å²) < 4.78 is 7.36. The Balaban J connectivity index is 1.81. The fourth-order valence-corrected chi connectivity index (χ4v) is 4.10. The van der Waals surface area contributed by atoms with Crippen LogP contribution in [0.3, 0.4) is 0 Å². The molecular weight excluding hydrogens is 228 g/mol. The first-order chi connectivity index (χ1) is 8.75. The third kappa shape index (κ3) is 1.21. The third-order valence-corrected chi connectivity index (χ3v) is 4.87. The van der Waals surface area contributed by atoms with Crippen LogP contribution in [0.1, 0.15) is 31.9 Å². The zero-order valence-electron chi connectivity index (χ0n) is 10.4. The van der Waals surface area contributed by atoms with Crippen LogP contribution in [0.15, 0.2) is 27.9 Å². The molecule has 4 rings (SSSR count). The topological polar surface area (TPSA) is 51.6 Å². The molecule has 4 atom stereocenters. The Morgan fingerprint density at radius 2 is 2.28 bits per heavy atom. The van der Waals surface area contributed by atoms with E-state index in [4.69, 9.17) is 4.42 Å². The Labute approximate surface area is 106 Å². The van der Waals surface area contributed by atoms with Crippen LogP contribution in [0.4, 0.5) is 0 Å². The molecule has 0 amide bonds. The minimum absolute atomic E-state index is 0.0816. The molecule has 2 saturated carbocycles. The van der Waals surface area contributed by atoms with Gasteiger partial charge in [-0.25, -0.2) is 0 Å². The van der Waals surface area contributed by atoms with E-state index in [0.717, 1.165) is 11.5 Å². The molecule has 18 heavy (non-hydrogen) atoms. The van der Waals surface area contributed by atoms with Crippen molar-refractivity contribution < 1.29 is 14.2 Å². The van der Waals surface area contributed by atoms with Gasteiger partial charge in [0, 0.05) is 18.7 Å². The van der Waals surface area contributed by atoms with Crippen molar-refractivity contribution in [1.82, 2.24) is 0 Å². The summed E-state index contributed by atoms with van der Waals surface area (Å²) in [5.41, 5.74) is 0.966. The maximum Gasteiger partial charge on any atom is 0.247 e. The summed E-state index contributed by atoms with van der Waals surface area (Å²) in [6.45, 7) is 1.99. The fourth-order valence-electron chi connectivity index (χ4n) is 4.10. The first kappa shape index (κ1) is 10.4. The van der Waals surface area contributed by atoms with Gasteiger partial charge < -0.3 is 9.52 Å². The number of fused-ring (bicyclic) bond motifs is 5. The Bertz CT molecular complexity index is 544. The zero-order valence-corrected chi connectivity index (χ0v) is 10.4. The van der Waals surface area contributed by atoms with Gasteiger partial charge in [-0.3, -0.25) is 0 Å². The first-order valence-electron chi connectivity index (χ1n) is 6.68. The Morgan fingerprint density at radius 1 is 1.44 bits per heavy atom. The van der Waals surface area contributed by atoms with Gasteiger partial charge in [-0.05, 0) is 42.4 Å². The van der Waals surface area contributed by atoms with Crippen molar-refractivity contribution in [3.63, 3.8) is 0 Å². The van der Waals surface area contributed by atoms with E-state index in [1.807, 2.05) is 23.7 Å². The number of hydrogen-bond acceptors (Lipinski definition) is 3. The van der Waals surface area contributed by atoms with Crippen LogP contribution in [0.25, 0.3) is 0 Å². The Morgan fingerprint density at radius 3 is 3.06 bits per heavy atom. The average molecular weight is 244 g/mol.